The van der Waals surface area contributed by atoms with Crippen LogP contribution in [0, 0.1) is 0 Å². The summed E-state index contributed by atoms with van der Waals surface area (Å²) in [5.41, 5.74) is 4.57. The molecule has 0 saturated heterocycles. The third-order valence-electron chi connectivity index (χ3n) is 2.41. The lowest BCUT2D eigenvalue weighted by Gasteiger charge is -2.12. The quantitative estimate of drug-likeness (QED) is 0.928. The molecule has 0 unspecified atom stereocenters. The monoisotopic (exact) mass is 273 g/mol. The fourth-order valence-electron chi connectivity index (χ4n) is 1.52. The first-order chi connectivity index (χ1) is 8.95. The van der Waals surface area contributed by atoms with Crippen molar-refractivity contribution in [1.82, 2.24) is 10.1 Å². The minimum absolute atomic E-state index is 0.0231. The van der Waals surface area contributed by atoms with Crippen molar-refractivity contribution in [2.24, 2.45) is 5.73 Å². The van der Waals surface area contributed by atoms with Crippen LogP contribution in [0.2, 0.25) is 0 Å². The Bertz CT molecular complexity index is 581. The zero-order valence-electron chi connectivity index (χ0n) is 9.86. The van der Waals surface area contributed by atoms with E-state index in [1.165, 1.54) is 19.2 Å². The first-order valence-electron chi connectivity index (χ1n) is 5.24. The highest BCUT2D eigenvalue weighted by atomic mass is 19.4. The van der Waals surface area contributed by atoms with Gasteiger partial charge in [-0.2, -0.15) is 18.2 Å². The van der Waals surface area contributed by atoms with Gasteiger partial charge in [-0.15, -0.1) is 0 Å². The molecule has 0 aliphatic carbocycles. The Morgan fingerprint density at radius 3 is 2.63 bits per heavy atom. The molecule has 5 nitrogen and oxygen atoms in total. The van der Waals surface area contributed by atoms with Crippen molar-refractivity contribution in [3.05, 3.63) is 29.7 Å². The summed E-state index contributed by atoms with van der Waals surface area (Å²) in [5.74, 6) is -0.0632. The average molecular weight is 273 g/mol. The van der Waals surface area contributed by atoms with Gasteiger partial charge in [-0.3, -0.25) is 0 Å². The van der Waals surface area contributed by atoms with Crippen molar-refractivity contribution < 1.29 is 22.4 Å². The average Bonchev–Trinajstić information content (AvgIpc) is 2.85. The molecule has 2 aromatic rings. The summed E-state index contributed by atoms with van der Waals surface area (Å²) in [6.45, 7) is 0.0231. The van der Waals surface area contributed by atoms with E-state index in [4.69, 9.17) is 10.3 Å². The van der Waals surface area contributed by atoms with E-state index >= 15 is 0 Å². The molecule has 0 spiro atoms. The molecule has 0 fully saturated rings. The first kappa shape index (κ1) is 13.3. The molecule has 0 aliphatic rings. The Morgan fingerprint density at radius 1 is 1.37 bits per heavy atom. The molecule has 19 heavy (non-hydrogen) atoms. The van der Waals surface area contributed by atoms with Crippen LogP contribution in [0.3, 0.4) is 0 Å². The zero-order chi connectivity index (χ0) is 14.0. The van der Waals surface area contributed by atoms with Crippen LogP contribution >= 0.6 is 0 Å². The fourth-order valence-corrected chi connectivity index (χ4v) is 1.52. The summed E-state index contributed by atoms with van der Waals surface area (Å²) in [4.78, 5) is 3.87. The molecule has 1 heterocycles. The second kappa shape index (κ2) is 4.88. The minimum Gasteiger partial charge on any atom is -0.496 e. The van der Waals surface area contributed by atoms with E-state index in [1.54, 1.807) is 0 Å². The molecular formula is C11H10F3N3O2. The molecule has 102 valence electrons. The van der Waals surface area contributed by atoms with Gasteiger partial charge < -0.3 is 15.0 Å². The Hall–Kier alpha value is -2.09. The predicted octanol–water partition coefficient (Wildman–Crippen LogP) is 2.22. The lowest BCUT2D eigenvalue weighted by atomic mass is 10.1. The number of nitrogens with two attached hydrogens (primary N) is 1. The summed E-state index contributed by atoms with van der Waals surface area (Å²) >= 11 is 0. The van der Waals surface area contributed by atoms with Gasteiger partial charge >= 0.3 is 6.18 Å². The SMILES string of the molecule is COc1ccc(-c2noc(CN)n2)cc1C(F)(F)F. The van der Waals surface area contributed by atoms with Crippen LogP contribution in [-0.2, 0) is 12.7 Å². The maximum absolute atomic E-state index is 12.8. The van der Waals surface area contributed by atoms with E-state index in [9.17, 15) is 13.2 Å². The Morgan fingerprint density at radius 2 is 2.11 bits per heavy atom. The summed E-state index contributed by atoms with van der Waals surface area (Å²) in [7, 11) is 1.17. The molecule has 0 radical (unpaired) electrons. The Balaban J connectivity index is 2.48. The van der Waals surface area contributed by atoms with Gasteiger partial charge in [0.05, 0.1) is 19.2 Å². The molecule has 1 aromatic heterocycles. The van der Waals surface area contributed by atoms with E-state index in [0.29, 0.717) is 0 Å². The molecule has 1 aromatic carbocycles. The Labute approximate surface area is 106 Å². The summed E-state index contributed by atoms with van der Waals surface area (Å²) in [6, 6.07) is 3.53. The van der Waals surface area contributed by atoms with Crippen LogP contribution in [0.4, 0.5) is 13.2 Å². The van der Waals surface area contributed by atoms with Crippen LogP contribution in [0.15, 0.2) is 22.7 Å². The smallest absolute Gasteiger partial charge is 0.419 e. The van der Waals surface area contributed by atoms with Gasteiger partial charge in [-0.25, -0.2) is 0 Å². The third-order valence-corrected chi connectivity index (χ3v) is 2.41. The lowest BCUT2D eigenvalue weighted by molar-refractivity contribution is -0.138. The number of aromatic nitrogens is 2. The first-order valence-corrected chi connectivity index (χ1v) is 5.24. The number of hydrogen-bond acceptors (Lipinski definition) is 5. The zero-order valence-corrected chi connectivity index (χ0v) is 9.86. The third kappa shape index (κ3) is 2.68. The number of halogens is 3. The number of rotatable bonds is 3. The Kier molecular flexibility index (Phi) is 3.43. The fraction of sp³-hybridized carbons (Fsp3) is 0.273. The molecule has 2 N–H and O–H groups in total. The van der Waals surface area contributed by atoms with Crippen molar-refractivity contribution in [3.8, 4) is 17.1 Å². The number of ether oxygens (including phenoxy) is 1. The predicted molar refractivity (Wildman–Crippen MR) is 59.2 cm³/mol. The normalized spacial score (nSPS) is 11.6. The summed E-state index contributed by atoms with van der Waals surface area (Å²) in [6.07, 6.45) is -4.53. The van der Waals surface area contributed by atoms with Gasteiger partial charge in [-0.05, 0) is 18.2 Å². The van der Waals surface area contributed by atoms with Crippen LogP contribution in [0.5, 0.6) is 5.75 Å². The maximum Gasteiger partial charge on any atom is 0.419 e. The van der Waals surface area contributed by atoms with Gasteiger partial charge in [0.1, 0.15) is 5.75 Å². The number of nitrogens with zero attached hydrogens (tertiary/aromatic N) is 2. The molecule has 0 saturated carbocycles. The van der Waals surface area contributed by atoms with E-state index in [-0.39, 0.29) is 29.6 Å². The van der Waals surface area contributed by atoms with E-state index in [0.717, 1.165) is 6.07 Å². The maximum atomic E-state index is 12.8. The topological polar surface area (TPSA) is 74.2 Å². The number of benzene rings is 1. The second-order valence-electron chi connectivity index (χ2n) is 3.63. The van der Waals surface area contributed by atoms with Crippen molar-refractivity contribution >= 4 is 0 Å². The van der Waals surface area contributed by atoms with Crippen molar-refractivity contribution in [2.75, 3.05) is 7.11 Å². The van der Waals surface area contributed by atoms with E-state index < -0.39 is 11.7 Å². The molecule has 8 heteroatoms. The molecule has 0 aliphatic heterocycles. The van der Waals surface area contributed by atoms with Crippen LogP contribution in [-0.4, -0.2) is 17.3 Å². The van der Waals surface area contributed by atoms with E-state index in [2.05, 4.69) is 14.9 Å². The highest BCUT2D eigenvalue weighted by Crippen LogP contribution is 2.38. The lowest BCUT2D eigenvalue weighted by Crippen LogP contribution is -2.07. The van der Waals surface area contributed by atoms with Gasteiger partial charge in [0.25, 0.3) is 0 Å². The molecule has 0 atom stereocenters. The standard InChI is InChI=1S/C11H10F3N3O2/c1-18-8-3-2-6(4-7(8)11(12,13)14)10-16-9(5-15)19-17-10/h2-4H,5,15H2,1H3. The van der Waals surface area contributed by atoms with Crippen LogP contribution in [0.1, 0.15) is 11.5 Å². The highest BCUT2D eigenvalue weighted by Gasteiger charge is 2.34. The molecule has 0 amide bonds. The van der Waals surface area contributed by atoms with Gasteiger partial charge in [0.15, 0.2) is 0 Å². The van der Waals surface area contributed by atoms with E-state index in [1.807, 2.05) is 0 Å². The number of methoxy groups -OCH3 is 1. The molecule has 0 bridgehead atoms. The summed E-state index contributed by atoms with van der Waals surface area (Å²) < 4.78 is 48.0. The molecule has 2 rings (SSSR count). The van der Waals surface area contributed by atoms with Crippen molar-refractivity contribution in [2.45, 2.75) is 12.7 Å². The minimum atomic E-state index is -4.53. The van der Waals surface area contributed by atoms with Gasteiger partial charge in [-0.1, -0.05) is 5.16 Å². The van der Waals surface area contributed by atoms with Crippen molar-refractivity contribution in [1.29, 1.82) is 0 Å². The highest BCUT2D eigenvalue weighted by molar-refractivity contribution is 5.59. The van der Waals surface area contributed by atoms with Gasteiger partial charge in [0.2, 0.25) is 11.7 Å². The van der Waals surface area contributed by atoms with Crippen LogP contribution in [0.25, 0.3) is 11.4 Å². The number of alkyl halides is 3. The van der Waals surface area contributed by atoms with Crippen LogP contribution < -0.4 is 10.5 Å². The second-order valence-corrected chi connectivity index (χ2v) is 3.63. The van der Waals surface area contributed by atoms with Gasteiger partial charge in [0, 0.05) is 5.56 Å². The molecular weight excluding hydrogens is 263 g/mol. The number of hydrogen-bond donors (Lipinski definition) is 1. The summed E-state index contributed by atoms with van der Waals surface area (Å²) in [5, 5.41) is 3.56. The largest absolute Gasteiger partial charge is 0.496 e. The van der Waals surface area contributed by atoms with Crippen molar-refractivity contribution in [3.63, 3.8) is 0 Å².